The van der Waals surface area contributed by atoms with Gasteiger partial charge in [-0.1, -0.05) is 22.9 Å². The number of rotatable bonds is 6. The topological polar surface area (TPSA) is 121 Å². The summed E-state index contributed by atoms with van der Waals surface area (Å²) in [7, 11) is -3.86. The molecule has 0 radical (unpaired) electrons. The number of hydrogen-bond acceptors (Lipinski definition) is 9. The summed E-state index contributed by atoms with van der Waals surface area (Å²) in [5.74, 6) is 1.26. The van der Waals surface area contributed by atoms with Gasteiger partial charge in [0, 0.05) is 36.0 Å². The summed E-state index contributed by atoms with van der Waals surface area (Å²) in [5, 5.41) is 9.43. The molecule has 1 saturated heterocycles. The molecule has 1 aliphatic carbocycles. The van der Waals surface area contributed by atoms with Gasteiger partial charge in [0.2, 0.25) is 0 Å². The number of morpholine rings is 1. The fourth-order valence-corrected chi connectivity index (χ4v) is 6.67. The normalized spacial score (nSPS) is 17.8. The van der Waals surface area contributed by atoms with E-state index in [1.54, 1.807) is 42.7 Å². The maximum atomic E-state index is 13.6. The maximum absolute atomic E-state index is 13.6. The molecular formula is C29H30N8O3S. The third-order valence-electron chi connectivity index (χ3n) is 7.75. The standard InChI is InChI=1S/C29H30N8O3S/c1-18-4-8-22(9-5-18)41(38,39)36-13-11-24-23(10-12-30-29(24)36)28-31-25(27-20(3)33-34-37(27)21-6-7-21)16-26(32-28)35-14-15-40-17-19(35)2/h4-5,8-13,16,19,21H,6-7,14-15,17H2,1-3H3/t19-/m1/s1. The molecule has 0 N–H and O–H groups in total. The van der Waals surface area contributed by atoms with Crippen molar-refractivity contribution in [2.24, 2.45) is 0 Å². The summed E-state index contributed by atoms with van der Waals surface area (Å²) in [6.07, 6.45) is 5.28. The first kappa shape index (κ1) is 25.8. The van der Waals surface area contributed by atoms with Crippen molar-refractivity contribution in [1.82, 2.24) is 33.9 Å². The monoisotopic (exact) mass is 570 g/mol. The van der Waals surface area contributed by atoms with E-state index in [2.05, 4.69) is 27.1 Å². The second-order valence-corrected chi connectivity index (χ2v) is 12.6. The fourth-order valence-electron chi connectivity index (χ4n) is 5.37. The number of benzene rings is 1. The lowest BCUT2D eigenvalue weighted by molar-refractivity contribution is 0.0985. The van der Waals surface area contributed by atoms with Gasteiger partial charge in [0.25, 0.3) is 10.0 Å². The van der Waals surface area contributed by atoms with Crippen LogP contribution in [0.2, 0.25) is 0 Å². The predicted octanol–water partition coefficient (Wildman–Crippen LogP) is 4.17. The molecule has 2 fully saturated rings. The molecule has 2 aliphatic rings. The summed E-state index contributed by atoms with van der Waals surface area (Å²) in [6, 6.07) is 12.8. The molecule has 1 saturated carbocycles. The lowest BCUT2D eigenvalue weighted by Gasteiger charge is -2.34. The van der Waals surface area contributed by atoms with E-state index in [4.69, 9.17) is 14.7 Å². The average molecular weight is 571 g/mol. The Hall–Kier alpha value is -4.16. The van der Waals surface area contributed by atoms with E-state index < -0.39 is 10.0 Å². The zero-order chi connectivity index (χ0) is 28.3. The van der Waals surface area contributed by atoms with E-state index in [0.29, 0.717) is 48.2 Å². The molecule has 41 heavy (non-hydrogen) atoms. The molecule has 0 amide bonds. The molecule has 5 heterocycles. The zero-order valence-electron chi connectivity index (χ0n) is 23.1. The van der Waals surface area contributed by atoms with E-state index in [1.165, 1.54) is 3.97 Å². The molecule has 0 bridgehead atoms. The third kappa shape index (κ3) is 4.47. The van der Waals surface area contributed by atoms with Crippen LogP contribution in [0.1, 0.15) is 37.1 Å². The van der Waals surface area contributed by atoms with Crippen LogP contribution in [0, 0.1) is 13.8 Å². The minimum atomic E-state index is -3.86. The van der Waals surface area contributed by atoms with Gasteiger partial charge in [-0.05, 0) is 57.9 Å². The van der Waals surface area contributed by atoms with Crippen LogP contribution in [0.3, 0.4) is 0 Å². The minimum absolute atomic E-state index is 0.130. The summed E-state index contributed by atoms with van der Waals surface area (Å²) >= 11 is 0. The van der Waals surface area contributed by atoms with Crippen molar-refractivity contribution in [3.63, 3.8) is 0 Å². The molecule has 1 atom stereocenters. The van der Waals surface area contributed by atoms with Gasteiger partial charge in [0.1, 0.15) is 11.5 Å². The first-order valence-corrected chi connectivity index (χ1v) is 15.2. The van der Waals surface area contributed by atoms with Crippen LogP contribution < -0.4 is 4.90 Å². The maximum Gasteiger partial charge on any atom is 0.269 e. The number of hydrogen-bond donors (Lipinski definition) is 0. The Bertz CT molecular complexity index is 1880. The summed E-state index contributed by atoms with van der Waals surface area (Å²) in [5.41, 5.74) is 4.41. The van der Waals surface area contributed by atoms with Gasteiger partial charge < -0.3 is 9.64 Å². The van der Waals surface area contributed by atoms with Crippen LogP contribution >= 0.6 is 0 Å². The molecule has 1 aromatic carbocycles. The van der Waals surface area contributed by atoms with Crippen molar-refractivity contribution in [1.29, 1.82) is 0 Å². The summed E-state index contributed by atoms with van der Waals surface area (Å²) in [6.45, 7) is 7.90. The highest BCUT2D eigenvalue weighted by Gasteiger charge is 2.31. The molecule has 1 aliphatic heterocycles. The second kappa shape index (κ2) is 9.74. The van der Waals surface area contributed by atoms with Crippen molar-refractivity contribution < 1.29 is 13.2 Å². The van der Waals surface area contributed by atoms with Gasteiger partial charge in [-0.25, -0.2) is 32.0 Å². The molecule has 12 heteroatoms. The lowest BCUT2D eigenvalue weighted by atomic mass is 10.1. The molecular weight excluding hydrogens is 540 g/mol. The Morgan fingerprint density at radius 1 is 1.02 bits per heavy atom. The average Bonchev–Trinajstić information content (AvgIpc) is 3.59. The Morgan fingerprint density at radius 2 is 1.83 bits per heavy atom. The van der Waals surface area contributed by atoms with Gasteiger partial charge in [-0.15, -0.1) is 5.10 Å². The molecule has 11 nitrogen and oxygen atoms in total. The van der Waals surface area contributed by atoms with Crippen molar-refractivity contribution in [3.05, 3.63) is 66.1 Å². The quantitative estimate of drug-likeness (QED) is 0.296. The fraction of sp³-hybridized carbons (Fsp3) is 0.345. The number of fused-ring (bicyclic) bond motifs is 1. The Morgan fingerprint density at radius 3 is 2.59 bits per heavy atom. The largest absolute Gasteiger partial charge is 0.377 e. The van der Waals surface area contributed by atoms with E-state index >= 15 is 0 Å². The summed E-state index contributed by atoms with van der Waals surface area (Å²) in [4.78, 5) is 16.9. The first-order chi connectivity index (χ1) is 19.8. The van der Waals surface area contributed by atoms with Gasteiger partial charge in [-0.3, -0.25) is 0 Å². The van der Waals surface area contributed by atoms with Crippen LogP contribution in [0.15, 0.2) is 59.8 Å². The highest BCUT2D eigenvalue weighted by molar-refractivity contribution is 7.90. The number of aromatic nitrogens is 7. The van der Waals surface area contributed by atoms with Crippen molar-refractivity contribution in [3.8, 4) is 22.8 Å². The molecule has 0 unspecified atom stereocenters. The van der Waals surface area contributed by atoms with Crippen molar-refractivity contribution >= 4 is 26.9 Å². The second-order valence-electron chi connectivity index (χ2n) is 10.8. The molecule has 5 aromatic rings. The number of aryl methyl sites for hydroxylation is 2. The smallest absolute Gasteiger partial charge is 0.269 e. The molecule has 210 valence electrons. The zero-order valence-corrected chi connectivity index (χ0v) is 23.9. The first-order valence-electron chi connectivity index (χ1n) is 13.8. The van der Waals surface area contributed by atoms with Crippen LogP contribution in [0.4, 0.5) is 5.82 Å². The number of ether oxygens (including phenoxy) is 1. The third-order valence-corrected chi connectivity index (χ3v) is 9.43. The van der Waals surface area contributed by atoms with Gasteiger partial charge in [0.15, 0.2) is 11.5 Å². The van der Waals surface area contributed by atoms with Gasteiger partial charge in [0.05, 0.1) is 41.6 Å². The van der Waals surface area contributed by atoms with Crippen molar-refractivity contribution in [2.45, 2.75) is 50.6 Å². The van der Waals surface area contributed by atoms with E-state index in [0.717, 1.165) is 41.3 Å². The van der Waals surface area contributed by atoms with Gasteiger partial charge in [-0.2, -0.15) is 0 Å². The molecule has 0 spiro atoms. The van der Waals surface area contributed by atoms with Gasteiger partial charge >= 0.3 is 0 Å². The number of anilines is 1. The molecule has 4 aromatic heterocycles. The Kier molecular flexibility index (Phi) is 6.12. The highest BCUT2D eigenvalue weighted by atomic mass is 32.2. The summed E-state index contributed by atoms with van der Waals surface area (Å²) < 4.78 is 36.0. The van der Waals surface area contributed by atoms with Crippen molar-refractivity contribution in [2.75, 3.05) is 24.7 Å². The van der Waals surface area contributed by atoms with Crippen LogP contribution in [0.5, 0.6) is 0 Å². The van der Waals surface area contributed by atoms with Crippen LogP contribution in [-0.2, 0) is 14.8 Å². The van der Waals surface area contributed by atoms with Crippen LogP contribution in [0.25, 0.3) is 33.8 Å². The Labute approximate surface area is 237 Å². The minimum Gasteiger partial charge on any atom is -0.377 e. The SMILES string of the molecule is Cc1ccc(S(=O)(=O)n2ccc3c(-c4nc(-c5c(C)nnn5C5CC5)cc(N5CCOC[C@H]5C)n4)ccnc32)cc1. The number of pyridine rings is 1. The lowest BCUT2D eigenvalue weighted by Crippen LogP contribution is -2.44. The Balaban J connectivity index is 1.40. The highest BCUT2D eigenvalue weighted by Crippen LogP contribution is 2.39. The predicted molar refractivity (Wildman–Crippen MR) is 154 cm³/mol. The number of nitrogens with zero attached hydrogens (tertiary/aromatic N) is 8. The van der Waals surface area contributed by atoms with Crippen LogP contribution in [-0.4, -0.2) is 68.1 Å². The van der Waals surface area contributed by atoms with E-state index in [1.807, 2.05) is 30.7 Å². The van der Waals surface area contributed by atoms with E-state index in [-0.39, 0.29) is 10.9 Å². The molecule has 7 rings (SSSR count). The van der Waals surface area contributed by atoms with E-state index in [9.17, 15) is 8.42 Å².